The van der Waals surface area contributed by atoms with Crippen molar-refractivity contribution in [1.29, 1.82) is 5.26 Å². The van der Waals surface area contributed by atoms with Crippen LogP contribution in [-0.2, 0) is 13.0 Å². The van der Waals surface area contributed by atoms with Gasteiger partial charge in [-0.25, -0.2) is 4.98 Å². The molecule has 1 aliphatic rings. The molecule has 0 aliphatic carbocycles. The standard InChI is InChI=1S/C11H15N3S/c1-2-9-10(7-12)15-11(13-9)8-14-5-3-4-6-14/h2-6,8H2,1H3. The first-order valence-corrected chi connectivity index (χ1v) is 6.26. The SMILES string of the molecule is CCc1nc(CN2CCCC2)sc1C#N. The molecule has 3 nitrogen and oxygen atoms in total. The van der Waals surface area contributed by atoms with Gasteiger partial charge in [0.15, 0.2) is 0 Å². The van der Waals surface area contributed by atoms with Gasteiger partial charge in [-0.3, -0.25) is 4.90 Å². The lowest BCUT2D eigenvalue weighted by Gasteiger charge is -2.11. The maximum absolute atomic E-state index is 8.93. The molecule has 80 valence electrons. The van der Waals surface area contributed by atoms with Gasteiger partial charge >= 0.3 is 0 Å². The number of hydrogen-bond acceptors (Lipinski definition) is 4. The van der Waals surface area contributed by atoms with E-state index in [2.05, 4.69) is 22.9 Å². The van der Waals surface area contributed by atoms with Crippen LogP contribution in [0.4, 0.5) is 0 Å². The highest BCUT2D eigenvalue weighted by Crippen LogP contribution is 2.21. The highest BCUT2D eigenvalue weighted by atomic mass is 32.1. The monoisotopic (exact) mass is 221 g/mol. The van der Waals surface area contributed by atoms with Gasteiger partial charge in [-0.2, -0.15) is 5.26 Å². The summed E-state index contributed by atoms with van der Waals surface area (Å²) in [6, 6.07) is 2.23. The summed E-state index contributed by atoms with van der Waals surface area (Å²) in [7, 11) is 0. The highest BCUT2D eigenvalue weighted by Gasteiger charge is 2.15. The molecule has 1 fully saturated rings. The fourth-order valence-corrected chi connectivity index (χ4v) is 2.92. The predicted octanol–water partition coefficient (Wildman–Crippen LogP) is 2.17. The van der Waals surface area contributed by atoms with E-state index in [0.29, 0.717) is 0 Å². The molecule has 0 atom stereocenters. The molecule has 0 saturated carbocycles. The van der Waals surface area contributed by atoms with Crippen molar-refractivity contribution < 1.29 is 0 Å². The van der Waals surface area contributed by atoms with Gasteiger partial charge in [0.1, 0.15) is 16.0 Å². The van der Waals surface area contributed by atoms with Crippen LogP contribution in [-0.4, -0.2) is 23.0 Å². The third-order valence-electron chi connectivity index (χ3n) is 2.74. The van der Waals surface area contributed by atoms with Crippen LogP contribution in [0.2, 0.25) is 0 Å². The van der Waals surface area contributed by atoms with Gasteiger partial charge in [-0.05, 0) is 32.4 Å². The number of nitriles is 1. The summed E-state index contributed by atoms with van der Waals surface area (Å²) < 4.78 is 0. The Morgan fingerprint density at radius 1 is 1.47 bits per heavy atom. The fourth-order valence-electron chi connectivity index (χ4n) is 1.93. The van der Waals surface area contributed by atoms with Crippen LogP contribution in [0.15, 0.2) is 0 Å². The van der Waals surface area contributed by atoms with Gasteiger partial charge in [0.05, 0.1) is 12.2 Å². The van der Waals surface area contributed by atoms with E-state index in [0.717, 1.165) is 28.5 Å². The number of aryl methyl sites for hydroxylation is 1. The van der Waals surface area contributed by atoms with Crippen LogP contribution < -0.4 is 0 Å². The molecule has 0 amide bonds. The Balaban J connectivity index is 2.08. The zero-order valence-corrected chi connectivity index (χ0v) is 9.81. The van der Waals surface area contributed by atoms with Crippen molar-refractivity contribution in [2.75, 3.05) is 13.1 Å². The fraction of sp³-hybridized carbons (Fsp3) is 0.636. The molecule has 0 N–H and O–H groups in total. The first kappa shape index (κ1) is 10.6. The number of rotatable bonds is 3. The minimum absolute atomic E-state index is 0.798. The van der Waals surface area contributed by atoms with Gasteiger partial charge in [0, 0.05) is 0 Å². The summed E-state index contributed by atoms with van der Waals surface area (Å²) >= 11 is 1.56. The van der Waals surface area contributed by atoms with E-state index in [-0.39, 0.29) is 0 Å². The van der Waals surface area contributed by atoms with Crippen LogP contribution in [0.5, 0.6) is 0 Å². The topological polar surface area (TPSA) is 39.9 Å². The summed E-state index contributed by atoms with van der Waals surface area (Å²) in [6.45, 7) is 5.35. The molecule has 1 aromatic rings. The van der Waals surface area contributed by atoms with Crippen molar-refractivity contribution in [3.05, 3.63) is 15.6 Å². The van der Waals surface area contributed by atoms with Gasteiger partial charge in [-0.1, -0.05) is 6.92 Å². The van der Waals surface area contributed by atoms with E-state index in [9.17, 15) is 0 Å². The summed E-state index contributed by atoms with van der Waals surface area (Å²) in [5, 5.41) is 10.0. The predicted molar refractivity (Wildman–Crippen MR) is 60.7 cm³/mol. The van der Waals surface area contributed by atoms with Crippen molar-refractivity contribution in [1.82, 2.24) is 9.88 Å². The van der Waals surface area contributed by atoms with Crippen molar-refractivity contribution in [2.45, 2.75) is 32.7 Å². The van der Waals surface area contributed by atoms with Crippen LogP contribution in [0, 0.1) is 11.3 Å². The summed E-state index contributed by atoms with van der Waals surface area (Å²) in [5.74, 6) is 0. The third kappa shape index (κ3) is 2.36. The molecule has 2 heterocycles. The van der Waals surface area contributed by atoms with E-state index >= 15 is 0 Å². The summed E-state index contributed by atoms with van der Waals surface area (Å²) in [4.78, 5) is 7.73. The number of likely N-dealkylation sites (tertiary alicyclic amines) is 1. The second-order valence-electron chi connectivity index (χ2n) is 3.83. The molecule has 2 rings (SSSR count). The Morgan fingerprint density at radius 3 is 2.73 bits per heavy atom. The lowest BCUT2D eigenvalue weighted by Crippen LogP contribution is -2.18. The molecule has 0 radical (unpaired) electrons. The average Bonchev–Trinajstić information content (AvgIpc) is 2.87. The molecule has 0 bridgehead atoms. The van der Waals surface area contributed by atoms with E-state index < -0.39 is 0 Å². The number of hydrogen-bond donors (Lipinski definition) is 0. The maximum Gasteiger partial charge on any atom is 0.128 e. The number of nitrogens with zero attached hydrogens (tertiary/aromatic N) is 3. The Bertz CT molecular complexity index is 372. The molecular weight excluding hydrogens is 206 g/mol. The number of aromatic nitrogens is 1. The van der Waals surface area contributed by atoms with Crippen LogP contribution >= 0.6 is 11.3 Å². The Labute approximate surface area is 94.4 Å². The zero-order valence-electron chi connectivity index (χ0n) is 8.99. The average molecular weight is 221 g/mol. The minimum Gasteiger partial charge on any atom is -0.297 e. The van der Waals surface area contributed by atoms with Crippen molar-refractivity contribution in [3.63, 3.8) is 0 Å². The highest BCUT2D eigenvalue weighted by molar-refractivity contribution is 7.12. The summed E-state index contributed by atoms with van der Waals surface area (Å²) in [6.07, 6.45) is 3.47. The van der Waals surface area contributed by atoms with Crippen LogP contribution in [0.3, 0.4) is 0 Å². The van der Waals surface area contributed by atoms with Crippen LogP contribution in [0.25, 0.3) is 0 Å². The number of thiazole rings is 1. The maximum atomic E-state index is 8.93. The van der Waals surface area contributed by atoms with Gasteiger partial charge in [0.2, 0.25) is 0 Å². The molecule has 1 aromatic heterocycles. The van der Waals surface area contributed by atoms with E-state index in [1.165, 1.54) is 25.9 Å². The van der Waals surface area contributed by atoms with Gasteiger partial charge < -0.3 is 0 Å². The molecule has 4 heteroatoms. The smallest absolute Gasteiger partial charge is 0.128 e. The van der Waals surface area contributed by atoms with Crippen molar-refractivity contribution in [3.8, 4) is 6.07 Å². The quantitative estimate of drug-likeness (QED) is 0.785. The first-order chi connectivity index (χ1) is 7.33. The van der Waals surface area contributed by atoms with Crippen molar-refractivity contribution >= 4 is 11.3 Å². The van der Waals surface area contributed by atoms with E-state index in [1.54, 1.807) is 11.3 Å². The first-order valence-electron chi connectivity index (χ1n) is 5.44. The largest absolute Gasteiger partial charge is 0.297 e. The lowest BCUT2D eigenvalue weighted by atomic mass is 10.3. The second kappa shape index (κ2) is 4.73. The normalized spacial score (nSPS) is 16.8. The summed E-state index contributed by atoms with van der Waals surface area (Å²) in [5.41, 5.74) is 0.969. The van der Waals surface area contributed by atoms with E-state index in [4.69, 9.17) is 5.26 Å². The Kier molecular flexibility index (Phi) is 3.34. The molecule has 15 heavy (non-hydrogen) atoms. The lowest BCUT2D eigenvalue weighted by molar-refractivity contribution is 0.330. The third-order valence-corrected chi connectivity index (χ3v) is 3.72. The van der Waals surface area contributed by atoms with Crippen molar-refractivity contribution in [2.24, 2.45) is 0 Å². The molecular formula is C11H15N3S. The minimum atomic E-state index is 0.798. The Hall–Kier alpha value is -0.920. The Morgan fingerprint density at radius 2 is 2.20 bits per heavy atom. The zero-order chi connectivity index (χ0) is 10.7. The van der Waals surface area contributed by atoms with Crippen LogP contribution in [0.1, 0.15) is 35.3 Å². The molecule has 0 spiro atoms. The molecule has 0 unspecified atom stereocenters. The molecule has 1 aliphatic heterocycles. The van der Waals surface area contributed by atoms with Gasteiger partial charge in [-0.15, -0.1) is 11.3 Å². The van der Waals surface area contributed by atoms with E-state index in [1.807, 2.05) is 0 Å². The second-order valence-corrected chi connectivity index (χ2v) is 4.92. The molecule has 1 saturated heterocycles. The van der Waals surface area contributed by atoms with Gasteiger partial charge in [0.25, 0.3) is 0 Å². The molecule has 0 aromatic carbocycles.